The highest BCUT2D eigenvalue weighted by atomic mass is 35.5. The number of halogens is 5. The fourth-order valence-corrected chi connectivity index (χ4v) is 2.35. The number of ether oxygens (including phenoxy) is 1. The third-order valence-electron chi connectivity index (χ3n) is 3.28. The summed E-state index contributed by atoms with van der Waals surface area (Å²) in [5.74, 6) is 4.16. The topological polar surface area (TPSA) is 94.4 Å². The average Bonchev–Trinajstić information content (AvgIpc) is 2.64. The third kappa shape index (κ3) is 6.23. The molecule has 0 saturated carbocycles. The van der Waals surface area contributed by atoms with Crippen LogP contribution >= 0.6 is 23.2 Å². The van der Waals surface area contributed by atoms with Gasteiger partial charge in [-0.2, -0.15) is 13.2 Å². The number of benzene rings is 1. The molecule has 1 N–H and O–H groups in total. The summed E-state index contributed by atoms with van der Waals surface area (Å²) in [5.41, 5.74) is -1.39. The molecule has 0 atom stereocenters. The number of carbonyl (C=O) groups excluding carboxylic acids is 1. The number of hydrogen-bond donors (Lipinski definition) is 1. The van der Waals surface area contributed by atoms with Crippen molar-refractivity contribution in [3.05, 3.63) is 61.7 Å². The molecular weight excluding hydrogens is 438 g/mol. The molecular formula is C17H10Cl2F3N3O4. The maximum absolute atomic E-state index is 12.5. The predicted molar refractivity (Wildman–Crippen MR) is 98.0 cm³/mol. The molecule has 0 saturated heterocycles. The summed E-state index contributed by atoms with van der Waals surface area (Å²) in [5, 5.41) is 12.9. The second kappa shape index (κ2) is 9.45. The Hall–Kier alpha value is -3.03. The molecule has 0 aliphatic heterocycles. The van der Waals surface area contributed by atoms with Crippen molar-refractivity contribution < 1.29 is 27.6 Å². The Balaban J connectivity index is 1.88. The first-order valence-corrected chi connectivity index (χ1v) is 8.38. The number of rotatable bonds is 5. The third-order valence-corrected chi connectivity index (χ3v) is 3.88. The van der Waals surface area contributed by atoms with Crippen molar-refractivity contribution in [2.75, 3.05) is 13.2 Å². The highest BCUT2D eigenvalue weighted by Crippen LogP contribution is 2.33. The van der Waals surface area contributed by atoms with Crippen LogP contribution in [0.1, 0.15) is 15.9 Å². The van der Waals surface area contributed by atoms with E-state index in [1.807, 2.05) is 0 Å². The summed E-state index contributed by atoms with van der Waals surface area (Å²) in [6, 6.07) is 4.11. The lowest BCUT2D eigenvalue weighted by atomic mass is 10.2. The van der Waals surface area contributed by atoms with Crippen molar-refractivity contribution in [2.45, 2.75) is 6.18 Å². The number of hydrogen-bond acceptors (Lipinski definition) is 5. The molecule has 0 fully saturated rings. The highest BCUT2D eigenvalue weighted by molar-refractivity contribution is 6.34. The molecule has 1 aromatic carbocycles. The first-order chi connectivity index (χ1) is 13.6. The van der Waals surface area contributed by atoms with E-state index in [1.165, 1.54) is 6.07 Å². The van der Waals surface area contributed by atoms with Crippen LogP contribution in [0.15, 0.2) is 30.5 Å². The van der Waals surface area contributed by atoms with E-state index in [0.29, 0.717) is 12.3 Å². The molecule has 0 bridgehead atoms. The number of non-ortho nitro benzene ring substituents is 1. The van der Waals surface area contributed by atoms with Gasteiger partial charge in [0.15, 0.2) is 6.61 Å². The molecule has 12 heteroatoms. The van der Waals surface area contributed by atoms with E-state index < -0.39 is 22.6 Å². The lowest BCUT2D eigenvalue weighted by Gasteiger charge is -2.08. The van der Waals surface area contributed by atoms with Gasteiger partial charge in [0, 0.05) is 18.3 Å². The minimum atomic E-state index is -4.57. The van der Waals surface area contributed by atoms with Crippen molar-refractivity contribution in [1.29, 1.82) is 0 Å². The van der Waals surface area contributed by atoms with Gasteiger partial charge in [-0.1, -0.05) is 35.0 Å². The van der Waals surface area contributed by atoms with Crippen LogP contribution in [0.5, 0.6) is 5.88 Å². The largest absolute Gasteiger partial charge is 0.463 e. The van der Waals surface area contributed by atoms with Gasteiger partial charge in [0.2, 0.25) is 5.88 Å². The van der Waals surface area contributed by atoms with Crippen LogP contribution in [0.2, 0.25) is 10.0 Å². The van der Waals surface area contributed by atoms with E-state index in [0.717, 1.165) is 12.1 Å². The second-order valence-electron chi connectivity index (χ2n) is 5.25. The lowest BCUT2D eigenvalue weighted by Crippen LogP contribution is -2.24. The van der Waals surface area contributed by atoms with Gasteiger partial charge in [-0.25, -0.2) is 4.98 Å². The van der Waals surface area contributed by atoms with Crippen LogP contribution in [-0.2, 0) is 6.18 Å². The van der Waals surface area contributed by atoms with Crippen LogP contribution in [0, 0.1) is 22.0 Å². The van der Waals surface area contributed by atoms with Crippen molar-refractivity contribution in [3.8, 4) is 17.7 Å². The first kappa shape index (κ1) is 22.3. The molecule has 29 heavy (non-hydrogen) atoms. The van der Waals surface area contributed by atoms with E-state index in [2.05, 4.69) is 22.1 Å². The molecule has 2 aromatic rings. The molecule has 2 rings (SSSR count). The van der Waals surface area contributed by atoms with Gasteiger partial charge >= 0.3 is 6.18 Å². The van der Waals surface area contributed by atoms with Crippen molar-refractivity contribution in [1.82, 2.24) is 10.3 Å². The van der Waals surface area contributed by atoms with Crippen LogP contribution in [0.4, 0.5) is 18.9 Å². The van der Waals surface area contributed by atoms with Crippen molar-refractivity contribution in [3.63, 3.8) is 0 Å². The molecule has 0 aliphatic carbocycles. The Morgan fingerprint density at radius 2 is 1.97 bits per heavy atom. The Kier molecular flexibility index (Phi) is 7.25. The van der Waals surface area contributed by atoms with Crippen molar-refractivity contribution >= 4 is 34.8 Å². The molecule has 7 nitrogen and oxygen atoms in total. The number of nitro benzene ring substituents is 1. The zero-order chi connectivity index (χ0) is 21.6. The smallest absolute Gasteiger partial charge is 0.417 e. The summed E-state index contributed by atoms with van der Waals surface area (Å²) in [6.07, 6.45) is -3.99. The molecule has 152 valence electrons. The van der Waals surface area contributed by atoms with Gasteiger partial charge in [-0.05, 0) is 12.1 Å². The van der Waals surface area contributed by atoms with Crippen LogP contribution in [0.3, 0.4) is 0 Å². The Morgan fingerprint density at radius 3 is 2.59 bits per heavy atom. The number of carbonyl (C=O) groups is 1. The van der Waals surface area contributed by atoms with Crippen LogP contribution in [-0.4, -0.2) is 29.0 Å². The van der Waals surface area contributed by atoms with E-state index in [1.54, 1.807) is 0 Å². The van der Waals surface area contributed by atoms with Gasteiger partial charge in [-0.15, -0.1) is 0 Å². The number of pyridine rings is 1. The monoisotopic (exact) mass is 447 g/mol. The molecule has 1 aromatic heterocycles. The van der Waals surface area contributed by atoms with Gasteiger partial charge in [0.1, 0.15) is 5.02 Å². The minimum Gasteiger partial charge on any atom is -0.463 e. The van der Waals surface area contributed by atoms with Crippen LogP contribution in [0.25, 0.3) is 0 Å². The Morgan fingerprint density at radius 1 is 1.24 bits per heavy atom. The first-order valence-electron chi connectivity index (χ1n) is 7.63. The highest BCUT2D eigenvalue weighted by Gasteiger charge is 2.31. The standard InChI is InChI=1S/C17H10Cl2F3N3O4/c18-13-4-3-11(25(27)28)8-12(13)15(26)23-5-1-2-6-29-16-14(19)7-10(9-24-16)17(20,21)22/h3-4,7-9H,5-6H2,(H,23,26). The summed E-state index contributed by atoms with van der Waals surface area (Å²) in [6.45, 7) is -0.374. The van der Waals surface area contributed by atoms with E-state index in [-0.39, 0.29) is 40.3 Å². The van der Waals surface area contributed by atoms with Gasteiger partial charge in [-0.3, -0.25) is 14.9 Å². The SMILES string of the molecule is O=C(NCC#CCOc1ncc(C(F)(F)F)cc1Cl)c1cc([N+](=O)[O-])ccc1Cl. The Labute approximate surface area is 171 Å². The van der Waals surface area contributed by atoms with E-state index in [9.17, 15) is 28.1 Å². The number of nitrogens with one attached hydrogen (secondary N) is 1. The average molecular weight is 448 g/mol. The molecule has 0 aliphatic rings. The normalized spacial score (nSPS) is 10.7. The van der Waals surface area contributed by atoms with Gasteiger partial charge in [0.25, 0.3) is 11.6 Å². The fraction of sp³-hybridized carbons (Fsp3) is 0.176. The maximum atomic E-state index is 12.5. The molecule has 1 heterocycles. The maximum Gasteiger partial charge on any atom is 0.417 e. The molecule has 0 radical (unpaired) electrons. The van der Waals surface area contributed by atoms with Crippen molar-refractivity contribution in [2.24, 2.45) is 0 Å². The minimum absolute atomic E-state index is 0.0346. The zero-order valence-electron chi connectivity index (χ0n) is 14.2. The molecule has 1 amide bonds. The summed E-state index contributed by atoms with van der Waals surface area (Å²) in [7, 11) is 0. The number of aromatic nitrogens is 1. The number of amides is 1. The summed E-state index contributed by atoms with van der Waals surface area (Å²) in [4.78, 5) is 25.6. The van der Waals surface area contributed by atoms with Crippen LogP contribution < -0.4 is 10.1 Å². The van der Waals surface area contributed by atoms with E-state index >= 15 is 0 Å². The van der Waals surface area contributed by atoms with Gasteiger partial charge < -0.3 is 10.1 Å². The summed E-state index contributed by atoms with van der Waals surface area (Å²) < 4.78 is 42.6. The predicted octanol–water partition coefficient (Wildman–Crippen LogP) is 4.13. The quantitative estimate of drug-likeness (QED) is 0.422. The second-order valence-corrected chi connectivity index (χ2v) is 6.07. The molecule has 0 unspecified atom stereocenters. The Bertz CT molecular complexity index is 1000. The number of alkyl halides is 3. The summed E-state index contributed by atoms with van der Waals surface area (Å²) >= 11 is 11.5. The fourth-order valence-electron chi connectivity index (χ4n) is 1.93. The number of nitrogens with zero attached hydrogens (tertiary/aromatic N) is 2. The van der Waals surface area contributed by atoms with E-state index in [4.69, 9.17) is 27.9 Å². The number of nitro groups is 1. The van der Waals surface area contributed by atoms with Gasteiger partial charge in [0.05, 0.1) is 27.6 Å². The molecule has 0 spiro atoms. The zero-order valence-corrected chi connectivity index (χ0v) is 15.7. The lowest BCUT2D eigenvalue weighted by molar-refractivity contribution is -0.384.